The van der Waals surface area contributed by atoms with E-state index in [4.69, 9.17) is 11.6 Å². The van der Waals surface area contributed by atoms with Gasteiger partial charge in [-0.25, -0.2) is 4.39 Å². The molecule has 3 aromatic rings. The Kier molecular flexibility index (Phi) is 7.87. The Morgan fingerprint density at radius 3 is 2.19 bits per heavy atom. The Morgan fingerprint density at radius 2 is 1.54 bits per heavy atom. The van der Waals surface area contributed by atoms with Gasteiger partial charge in [0.2, 0.25) is 5.91 Å². The summed E-state index contributed by atoms with van der Waals surface area (Å²) in [4.78, 5) is 29.9. The van der Waals surface area contributed by atoms with E-state index >= 15 is 0 Å². The van der Waals surface area contributed by atoms with Gasteiger partial charge in [-0.1, -0.05) is 78.3 Å². The van der Waals surface area contributed by atoms with Gasteiger partial charge in [0.15, 0.2) is 0 Å². The predicted molar refractivity (Wildman–Crippen MR) is 143 cm³/mol. The molecule has 0 saturated carbocycles. The third-order valence-electron chi connectivity index (χ3n) is 7.50. The first-order valence-corrected chi connectivity index (χ1v) is 13.2. The van der Waals surface area contributed by atoms with Crippen molar-refractivity contribution in [1.29, 1.82) is 0 Å². The minimum atomic E-state index is -0.572. The van der Waals surface area contributed by atoms with Gasteiger partial charge in [-0.2, -0.15) is 0 Å². The largest absolute Gasteiger partial charge is 0.349 e. The summed E-state index contributed by atoms with van der Waals surface area (Å²) in [5.74, 6) is -0.166. The van der Waals surface area contributed by atoms with Crippen molar-refractivity contribution < 1.29 is 14.0 Å². The monoisotopic (exact) mass is 519 g/mol. The SMILES string of the molecule is O=C(Cc1ccccc1)N[C@@H](CCN1CC2CN(C(=O)c3c(F)cccc3Cl)CC2C1)c1ccccc1. The average Bonchev–Trinajstić information content (AvgIpc) is 3.47. The van der Waals surface area contributed by atoms with E-state index in [0.29, 0.717) is 31.3 Å². The number of halogens is 2. The van der Waals surface area contributed by atoms with E-state index in [0.717, 1.165) is 37.2 Å². The highest BCUT2D eigenvalue weighted by Crippen LogP contribution is 2.33. The molecule has 37 heavy (non-hydrogen) atoms. The first-order valence-electron chi connectivity index (χ1n) is 12.8. The van der Waals surface area contributed by atoms with E-state index < -0.39 is 5.82 Å². The number of benzene rings is 3. The maximum Gasteiger partial charge on any atom is 0.258 e. The number of fused-ring (bicyclic) bond motifs is 1. The van der Waals surface area contributed by atoms with Gasteiger partial charge in [-0.15, -0.1) is 0 Å². The first-order chi connectivity index (χ1) is 18.0. The minimum absolute atomic E-state index is 0.0132. The molecule has 3 aromatic carbocycles. The summed E-state index contributed by atoms with van der Waals surface area (Å²) in [7, 11) is 0. The Hall–Kier alpha value is -3.22. The van der Waals surface area contributed by atoms with Gasteiger partial charge in [-0.05, 0) is 41.5 Å². The van der Waals surface area contributed by atoms with Gasteiger partial charge in [0.25, 0.3) is 5.91 Å². The maximum absolute atomic E-state index is 14.3. The van der Waals surface area contributed by atoms with Gasteiger partial charge in [-0.3, -0.25) is 9.59 Å². The standard InChI is InChI=1S/C30H31ClFN3O2/c31-25-12-7-13-26(32)29(25)30(37)35-19-23-17-34(18-24(23)20-35)15-14-27(22-10-5-2-6-11-22)33-28(36)16-21-8-3-1-4-9-21/h1-13,23-24,27H,14-20H2,(H,33,36)/t23?,24?,27-/m0/s1. The van der Waals surface area contributed by atoms with Crippen LogP contribution in [-0.2, 0) is 11.2 Å². The molecule has 1 N–H and O–H groups in total. The molecule has 2 unspecified atom stereocenters. The number of amides is 2. The molecule has 2 aliphatic rings. The van der Waals surface area contributed by atoms with Crippen molar-refractivity contribution in [2.24, 2.45) is 11.8 Å². The zero-order chi connectivity index (χ0) is 25.8. The highest BCUT2D eigenvalue weighted by molar-refractivity contribution is 6.33. The van der Waals surface area contributed by atoms with Crippen molar-refractivity contribution >= 4 is 23.4 Å². The van der Waals surface area contributed by atoms with Crippen molar-refractivity contribution in [3.05, 3.63) is 106 Å². The van der Waals surface area contributed by atoms with E-state index in [-0.39, 0.29) is 28.4 Å². The second kappa shape index (κ2) is 11.4. The molecule has 0 aliphatic carbocycles. The zero-order valence-electron chi connectivity index (χ0n) is 20.7. The number of carbonyl (C=O) groups is 2. The summed E-state index contributed by atoms with van der Waals surface area (Å²) >= 11 is 6.12. The van der Waals surface area contributed by atoms with Crippen LogP contribution in [0.5, 0.6) is 0 Å². The van der Waals surface area contributed by atoms with Crippen molar-refractivity contribution in [2.45, 2.75) is 18.9 Å². The van der Waals surface area contributed by atoms with Crippen molar-refractivity contribution in [1.82, 2.24) is 15.1 Å². The molecule has 0 radical (unpaired) electrons. The van der Waals surface area contributed by atoms with Crippen LogP contribution in [0.15, 0.2) is 78.9 Å². The van der Waals surface area contributed by atoms with E-state index in [9.17, 15) is 14.0 Å². The fourth-order valence-electron chi connectivity index (χ4n) is 5.64. The topological polar surface area (TPSA) is 52.7 Å². The van der Waals surface area contributed by atoms with E-state index in [1.165, 1.54) is 12.1 Å². The summed E-state index contributed by atoms with van der Waals surface area (Å²) in [6, 6.07) is 24.1. The third kappa shape index (κ3) is 6.03. The lowest BCUT2D eigenvalue weighted by atomic mass is 10.0. The van der Waals surface area contributed by atoms with E-state index in [1.807, 2.05) is 48.5 Å². The molecule has 5 nitrogen and oxygen atoms in total. The van der Waals surface area contributed by atoms with Crippen LogP contribution in [0.2, 0.25) is 5.02 Å². The summed E-state index contributed by atoms with van der Waals surface area (Å²) < 4.78 is 14.3. The van der Waals surface area contributed by atoms with Crippen LogP contribution in [0, 0.1) is 17.7 Å². The van der Waals surface area contributed by atoms with Crippen molar-refractivity contribution in [2.75, 3.05) is 32.7 Å². The second-order valence-electron chi connectivity index (χ2n) is 10.1. The summed E-state index contributed by atoms with van der Waals surface area (Å²) in [5, 5.41) is 3.40. The number of hydrogen-bond acceptors (Lipinski definition) is 3. The minimum Gasteiger partial charge on any atom is -0.349 e. The van der Waals surface area contributed by atoms with Gasteiger partial charge in [0.05, 0.1) is 23.0 Å². The van der Waals surface area contributed by atoms with Crippen LogP contribution >= 0.6 is 11.6 Å². The number of likely N-dealkylation sites (tertiary alicyclic amines) is 2. The zero-order valence-corrected chi connectivity index (χ0v) is 21.4. The van der Waals surface area contributed by atoms with Crippen LogP contribution in [-0.4, -0.2) is 54.3 Å². The van der Waals surface area contributed by atoms with Gasteiger partial charge in [0, 0.05) is 32.7 Å². The normalized spacial score (nSPS) is 20.0. The molecule has 0 spiro atoms. The Bertz CT molecular complexity index is 1210. The molecule has 5 rings (SSSR count). The van der Waals surface area contributed by atoms with Crippen molar-refractivity contribution in [3.8, 4) is 0 Å². The number of carbonyl (C=O) groups excluding carboxylic acids is 2. The van der Waals surface area contributed by atoms with Gasteiger partial charge in [0.1, 0.15) is 5.82 Å². The number of rotatable bonds is 8. The average molecular weight is 520 g/mol. The molecule has 0 aromatic heterocycles. The van der Waals surface area contributed by atoms with Crippen LogP contribution in [0.4, 0.5) is 4.39 Å². The van der Waals surface area contributed by atoms with Gasteiger partial charge >= 0.3 is 0 Å². The highest BCUT2D eigenvalue weighted by atomic mass is 35.5. The molecule has 2 heterocycles. The molecule has 2 saturated heterocycles. The van der Waals surface area contributed by atoms with Crippen molar-refractivity contribution in [3.63, 3.8) is 0 Å². The quantitative estimate of drug-likeness (QED) is 0.457. The fourth-order valence-corrected chi connectivity index (χ4v) is 5.89. The molecular formula is C30H31ClFN3O2. The predicted octanol–water partition coefficient (Wildman–Crippen LogP) is 4.97. The van der Waals surface area contributed by atoms with Crippen LogP contribution in [0.1, 0.15) is 33.9 Å². The number of nitrogens with zero attached hydrogens (tertiary/aromatic N) is 2. The molecule has 192 valence electrons. The summed E-state index contributed by atoms with van der Waals surface area (Å²) in [6.45, 7) is 3.85. The Morgan fingerprint density at radius 1 is 0.892 bits per heavy atom. The van der Waals surface area contributed by atoms with Gasteiger partial charge < -0.3 is 15.1 Å². The summed E-state index contributed by atoms with van der Waals surface area (Å²) in [5.41, 5.74) is 2.06. The Balaban J connectivity index is 1.17. The first kappa shape index (κ1) is 25.4. The second-order valence-corrected chi connectivity index (χ2v) is 10.5. The molecular weight excluding hydrogens is 489 g/mol. The van der Waals surface area contributed by atoms with E-state index in [1.54, 1.807) is 11.0 Å². The third-order valence-corrected chi connectivity index (χ3v) is 7.82. The molecule has 2 fully saturated rings. The molecule has 2 amide bonds. The number of hydrogen-bond donors (Lipinski definition) is 1. The lowest BCUT2D eigenvalue weighted by Crippen LogP contribution is -2.36. The molecule has 7 heteroatoms. The van der Waals surface area contributed by atoms with Crippen LogP contribution in [0.3, 0.4) is 0 Å². The molecule has 3 atom stereocenters. The highest BCUT2D eigenvalue weighted by Gasteiger charge is 2.42. The Labute approximate surface area is 222 Å². The van der Waals surface area contributed by atoms with E-state index in [2.05, 4.69) is 22.3 Å². The molecule has 2 aliphatic heterocycles. The summed E-state index contributed by atoms with van der Waals surface area (Å²) in [6.07, 6.45) is 1.16. The molecule has 0 bridgehead atoms. The maximum atomic E-state index is 14.3. The van der Waals surface area contributed by atoms with Crippen LogP contribution in [0.25, 0.3) is 0 Å². The lowest BCUT2D eigenvalue weighted by Gasteiger charge is -2.25. The fraction of sp³-hybridized carbons (Fsp3) is 0.333. The number of nitrogens with one attached hydrogen (secondary N) is 1. The lowest BCUT2D eigenvalue weighted by molar-refractivity contribution is -0.121. The van der Waals surface area contributed by atoms with Crippen LogP contribution < -0.4 is 5.32 Å². The smallest absolute Gasteiger partial charge is 0.258 e.